The molecule has 0 aliphatic carbocycles. The number of rotatable bonds is 7. The second-order valence-electron chi connectivity index (χ2n) is 7.17. The lowest BCUT2D eigenvalue weighted by atomic mass is 9.90. The van der Waals surface area contributed by atoms with E-state index in [1.54, 1.807) is 7.11 Å². The summed E-state index contributed by atoms with van der Waals surface area (Å²) in [5.74, 6) is 2.06. The van der Waals surface area contributed by atoms with Crippen LogP contribution in [0.3, 0.4) is 0 Å². The first-order valence-corrected chi connectivity index (χ1v) is 8.98. The number of nitrogens with zero attached hydrogens (tertiary/aromatic N) is 3. The highest BCUT2D eigenvalue weighted by Crippen LogP contribution is 2.29. The Labute approximate surface area is 165 Å². The number of methoxy groups -OCH3 is 1. The number of hydrogen-bond donors (Lipinski definition) is 1. The van der Waals surface area contributed by atoms with E-state index in [0.29, 0.717) is 37.5 Å². The average molecular weight is 395 g/mol. The van der Waals surface area contributed by atoms with Gasteiger partial charge in [0.15, 0.2) is 0 Å². The minimum absolute atomic E-state index is 0. The molecule has 1 aliphatic heterocycles. The summed E-state index contributed by atoms with van der Waals surface area (Å²) in [6.45, 7) is 4.31. The molecule has 2 heterocycles. The van der Waals surface area contributed by atoms with Crippen molar-refractivity contribution in [2.45, 2.75) is 32.6 Å². The summed E-state index contributed by atoms with van der Waals surface area (Å²) < 4.78 is 10.4. The quantitative estimate of drug-likeness (QED) is 0.775. The van der Waals surface area contributed by atoms with E-state index < -0.39 is 0 Å². The van der Waals surface area contributed by atoms with Crippen LogP contribution in [-0.4, -0.2) is 47.7 Å². The van der Waals surface area contributed by atoms with Gasteiger partial charge in [-0.25, -0.2) is 0 Å². The molecule has 0 radical (unpaired) electrons. The van der Waals surface area contributed by atoms with Crippen LogP contribution in [0.25, 0.3) is 11.4 Å². The van der Waals surface area contributed by atoms with Crippen molar-refractivity contribution in [3.63, 3.8) is 0 Å². The molecule has 2 N–H and O–H groups in total. The molecule has 148 valence electrons. The topological polar surface area (TPSA) is 94.5 Å². The van der Waals surface area contributed by atoms with Crippen molar-refractivity contribution in [3.05, 3.63) is 30.2 Å². The fourth-order valence-corrected chi connectivity index (χ4v) is 3.17. The van der Waals surface area contributed by atoms with Gasteiger partial charge < -0.3 is 19.9 Å². The molecule has 0 spiro atoms. The van der Waals surface area contributed by atoms with Crippen LogP contribution in [0, 0.1) is 5.41 Å². The number of hydrogen-bond acceptors (Lipinski definition) is 6. The Kier molecular flexibility index (Phi) is 7.21. The molecule has 1 saturated heterocycles. The Morgan fingerprint density at radius 2 is 2.11 bits per heavy atom. The summed E-state index contributed by atoms with van der Waals surface area (Å²) in [4.78, 5) is 18.7. The lowest BCUT2D eigenvalue weighted by molar-refractivity contribution is -0.130. The second-order valence-corrected chi connectivity index (χ2v) is 7.17. The molecule has 1 amide bonds. The van der Waals surface area contributed by atoms with Crippen molar-refractivity contribution in [1.29, 1.82) is 0 Å². The van der Waals surface area contributed by atoms with Crippen molar-refractivity contribution in [2.75, 3.05) is 26.7 Å². The van der Waals surface area contributed by atoms with Gasteiger partial charge in [-0.1, -0.05) is 12.1 Å². The Morgan fingerprint density at radius 3 is 2.74 bits per heavy atom. The first kappa shape index (κ1) is 21.2. The van der Waals surface area contributed by atoms with Crippen LogP contribution in [0.2, 0.25) is 0 Å². The molecule has 1 aromatic carbocycles. The SMILES string of the molecule is COc1ccc(-c2noc(CCCC(=O)N3CCC(C)(CN)C3)n2)cc1.Cl. The maximum absolute atomic E-state index is 12.3. The van der Waals surface area contributed by atoms with Gasteiger partial charge in [0.25, 0.3) is 0 Å². The van der Waals surface area contributed by atoms with E-state index in [4.69, 9.17) is 15.0 Å². The molecule has 1 unspecified atom stereocenters. The zero-order valence-corrected chi connectivity index (χ0v) is 16.6. The van der Waals surface area contributed by atoms with Gasteiger partial charge in [-0.2, -0.15) is 4.98 Å². The number of carbonyl (C=O) groups is 1. The van der Waals surface area contributed by atoms with Gasteiger partial charge in [-0.3, -0.25) is 4.79 Å². The Morgan fingerprint density at radius 1 is 1.37 bits per heavy atom. The maximum Gasteiger partial charge on any atom is 0.226 e. The molecular formula is C19H27ClN4O3. The van der Waals surface area contributed by atoms with Crippen molar-refractivity contribution in [1.82, 2.24) is 15.0 Å². The highest BCUT2D eigenvalue weighted by atomic mass is 35.5. The summed E-state index contributed by atoms with van der Waals surface area (Å²) in [7, 11) is 1.63. The van der Waals surface area contributed by atoms with Gasteiger partial charge in [-0.05, 0) is 49.1 Å². The van der Waals surface area contributed by atoms with Crippen molar-refractivity contribution in [3.8, 4) is 17.1 Å². The van der Waals surface area contributed by atoms with Crippen LogP contribution in [0.5, 0.6) is 5.75 Å². The van der Waals surface area contributed by atoms with Crippen LogP contribution >= 0.6 is 12.4 Å². The van der Waals surface area contributed by atoms with Gasteiger partial charge >= 0.3 is 0 Å². The van der Waals surface area contributed by atoms with Crippen LogP contribution < -0.4 is 10.5 Å². The summed E-state index contributed by atoms with van der Waals surface area (Å²) in [5.41, 5.74) is 6.74. The largest absolute Gasteiger partial charge is 0.497 e. The third kappa shape index (κ3) is 5.20. The van der Waals surface area contributed by atoms with E-state index in [9.17, 15) is 4.79 Å². The van der Waals surface area contributed by atoms with E-state index in [1.807, 2.05) is 29.2 Å². The fraction of sp³-hybridized carbons (Fsp3) is 0.526. The minimum Gasteiger partial charge on any atom is -0.497 e. The van der Waals surface area contributed by atoms with E-state index in [-0.39, 0.29) is 23.7 Å². The summed E-state index contributed by atoms with van der Waals surface area (Å²) in [6.07, 6.45) is 2.75. The number of amides is 1. The summed E-state index contributed by atoms with van der Waals surface area (Å²) >= 11 is 0. The monoisotopic (exact) mass is 394 g/mol. The third-order valence-corrected chi connectivity index (χ3v) is 5.00. The molecule has 1 aliphatic rings. The van der Waals surface area contributed by atoms with Crippen LogP contribution in [0.15, 0.2) is 28.8 Å². The normalized spacial score (nSPS) is 19.0. The second kappa shape index (κ2) is 9.19. The zero-order valence-electron chi connectivity index (χ0n) is 15.8. The average Bonchev–Trinajstić information content (AvgIpc) is 3.29. The third-order valence-electron chi connectivity index (χ3n) is 5.00. The number of aryl methyl sites for hydroxylation is 1. The molecule has 2 aromatic rings. The number of halogens is 1. The number of likely N-dealkylation sites (tertiary alicyclic amines) is 1. The van der Waals surface area contributed by atoms with Gasteiger partial charge in [0, 0.05) is 31.5 Å². The molecule has 27 heavy (non-hydrogen) atoms. The summed E-state index contributed by atoms with van der Waals surface area (Å²) in [5, 5.41) is 4.01. The number of ether oxygens (including phenoxy) is 1. The number of benzene rings is 1. The molecule has 0 saturated carbocycles. The predicted octanol–water partition coefficient (Wildman–Crippen LogP) is 2.69. The number of carbonyl (C=O) groups excluding carboxylic acids is 1. The van der Waals surface area contributed by atoms with Crippen LogP contribution in [-0.2, 0) is 11.2 Å². The van der Waals surface area contributed by atoms with Crippen molar-refractivity contribution >= 4 is 18.3 Å². The van der Waals surface area contributed by atoms with E-state index in [1.165, 1.54) is 0 Å². The van der Waals surface area contributed by atoms with Gasteiger partial charge in [-0.15, -0.1) is 12.4 Å². The first-order chi connectivity index (χ1) is 12.5. The first-order valence-electron chi connectivity index (χ1n) is 8.98. The Hall–Kier alpha value is -2.12. The summed E-state index contributed by atoms with van der Waals surface area (Å²) in [6, 6.07) is 7.49. The predicted molar refractivity (Wildman–Crippen MR) is 105 cm³/mol. The highest BCUT2D eigenvalue weighted by Gasteiger charge is 2.34. The molecule has 1 atom stereocenters. The highest BCUT2D eigenvalue weighted by molar-refractivity contribution is 5.85. The maximum atomic E-state index is 12.3. The molecule has 0 bridgehead atoms. The van der Waals surface area contributed by atoms with E-state index in [2.05, 4.69) is 17.1 Å². The van der Waals surface area contributed by atoms with Gasteiger partial charge in [0.1, 0.15) is 5.75 Å². The molecule has 1 aromatic heterocycles. The van der Waals surface area contributed by atoms with Crippen molar-refractivity contribution < 1.29 is 14.1 Å². The molecule has 3 rings (SSSR count). The van der Waals surface area contributed by atoms with Crippen LogP contribution in [0.4, 0.5) is 0 Å². The molecular weight excluding hydrogens is 368 g/mol. The molecule has 7 nitrogen and oxygen atoms in total. The van der Waals surface area contributed by atoms with E-state index >= 15 is 0 Å². The lowest BCUT2D eigenvalue weighted by Crippen LogP contribution is -2.34. The Balaban J connectivity index is 0.00000261. The van der Waals surface area contributed by atoms with Gasteiger partial charge in [0.2, 0.25) is 17.6 Å². The lowest BCUT2D eigenvalue weighted by Gasteiger charge is -2.22. The smallest absolute Gasteiger partial charge is 0.226 e. The van der Waals surface area contributed by atoms with E-state index in [0.717, 1.165) is 30.8 Å². The zero-order chi connectivity index (χ0) is 18.6. The molecule has 8 heteroatoms. The fourth-order valence-electron chi connectivity index (χ4n) is 3.17. The van der Waals surface area contributed by atoms with Crippen molar-refractivity contribution in [2.24, 2.45) is 11.1 Å². The molecule has 1 fully saturated rings. The standard InChI is InChI=1S/C19H26N4O3.ClH/c1-19(12-20)10-11-23(13-19)17(24)5-3-4-16-21-18(22-26-16)14-6-8-15(25-2)9-7-14;/h6-9H,3-5,10-13,20H2,1-2H3;1H. The number of nitrogens with two attached hydrogens (primary N) is 1. The Bertz CT molecular complexity index is 750. The minimum atomic E-state index is 0. The number of aromatic nitrogens is 2. The van der Waals surface area contributed by atoms with Crippen LogP contribution in [0.1, 0.15) is 32.1 Å². The van der Waals surface area contributed by atoms with Gasteiger partial charge in [0.05, 0.1) is 7.11 Å².